The molecule has 0 spiro atoms. The molecule has 9 nitrogen and oxygen atoms in total. The number of thioether (sulfide) groups is 1. The molecule has 4 rings (SSSR count). The van der Waals surface area contributed by atoms with E-state index < -0.39 is 18.7 Å². The molecule has 2 saturated heterocycles. The molecule has 37 heavy (non-hydrogen) atoms. The lowest BCUT2D eigenvalue weighted by atomic mass is 9.94. The van der Waals surface area contributed by atoms with Crippen LogP contribution in [0.5, 0.6) is 0 Å². The molecule has 2 atom stereocenters. The van der Waals surface area contributed by atoms with Gasteiger partial charge in [-0.1, -0.05) is 18.6 Å². The molecule has 2 N–H and O–H groups in total. The maximum atomic E-state index is 12.9. The van der Waals surface area contributed by atoms with Crippen LogP contribution in [-0.2, 0) is 33.4 Å². The Morgan fingerprint density at radius 3 is 2.76 bits per heavy atom. The minimum atomic E-state index is -0.910. The van der Waals surface area contributed by atoms with E-state index in [9.17, 15) is 14.4 Å². The predicted molar refractivity (Wildman–Crippen MR) is 142 cm³/mol. The molecule has 0 radical (unpaired) electrons. The van der Waals surface area contributed by atoms with Gasteiger partial charge >= 0.3 is 6.16 Å². The Hall–Kier alpha value is -2.60. The first-order chi connectivity index (χ1) is 18.0. The number of carbonyl (C=O) groups is 3. The zero-order valence-corrected chi connectivity index (χ0v) is 22.4. The molecule has 200 valence electrons. The lowest BCUT2D eigenvalue weighted by Gasteiger charge is -2.35. The topological polar surface area (TPSA) is 112 Å². The molecule has 1 aromatic carbocycles. The fourth-order valence-electron chi connectivity index (χ4n) is 4.37. The van der Waals surface area contributed by atoms with E-state index in [1.54, 1.807) is 17.4 Å². The van der Waals surface area contributed by atoms with Gasteiger partial charge in [-0.25, -0.2) is 15.1 Å². The SMILES string of the molecule is COC(=O)OCC(=O)Nc1cccc(-c2ccc([C@@]3(CC(=O)NOC4CCCCO4)CCCCS3)s2)c1. The number of hydrogen-bond acceptors (Lipinski definition) is 9. The number of amides is 2. The maximum absolute atomic E-state index is 12.9. The molecule has 2 aromatic rings. The number of thiophene rings is 1. The summed E-state index contributed by atoms with van der Waals surface area (Å²) in [6.45, 7) is 0.225. The minimum Gasteiger partial charge on any atom is -0.438 e. The van der Waals surface area contributed by atoms with Crippen LogP contribution in [0, 0.1) is 0 Å². The molecule has 1 unspecified atom stereocenters. The fourth-order valence-corrected chi connectivity index (χ4v) is 7.26. The largest absolute Gasteiger partial charge is 0.508 e. The van der Waals surface area contributed by atoms with Crippen molar-refractivity contribution in [1.29, 1.82) is 0 Å². The van der Waals surface area contributed by atoms with E-state index in [1.165, 1.54) is 7.11 Å². The lowest BCUT2D eigenvalue weighted by Crippen LogP contribution is -2.37. The molecule has 0 bridgehead atoms. The van der Waals surface area contributed by atoms with Crippen LogP contribution in [0.1, 0.15) is 49.8 Å². The van der Waals surface area contributed by atoms with Crippen molar-refractivity contribution in [2.75, 3.05) is 31.4 Å². The Morgan fingerprint density at radius 1 is 1.11 bits per heavy atom. The van der Waals surface area contributed by atoms with E-state index in [0.717, 1.165) is 59.6 Å². The third kappa shape index (κ3) is 7.70. The van der Waals surface area contributed by atoms with E-state index >= 15 is 0 Å². The number of carbonyl (C=O) groups excluding carboxylic acids is 3. The molecule has 2 fully saturated rings. The van der Waals surface area contributed by atoms with E-state index in [1.807, 2.05) is 30.0 Å². The van der Waals surface area contributed by atoms with Gasteiger partial charge in [-0.2, -0.15) is 0 Å². The third-order valence-corrected chi connectivity index (χ3v) is 9.30. The van der Waals surface area contributed by atoms with Crippen LogP contribution in [0.25, 0.3) is 10.4 Å². The molecule has 3 heterocycles. The van der Waals surface area contributed by atoms with Crippen LogP contribution >= 0.6 is 23.1 Å². The van der Waals surface area contributed by atoms with Crippen molar-refractivity contribution >= 4 is 46.8 Å². The van der Waals surface area contributed by atoms with Crippen molar-refractivity contribution in [2.45, 2.75) is 56.0 Å². The van der Waals surface area contributed by atoms with Crippen molar-refractivity contribution in [2.24, 2.45) is 0 Å². The second-order valence-corrected chi connectivity index (χ2v) is 11.5. The van der Waals surface area contributed by atoms with Crippen LogP contribution < -0.4 is 10.8 Å². The van der Waals surface area contributed by atoms with E-state index in [4.69, 9.17) is 9.57 Å². The van der Waals surface area contributed by atoms with Gasteiger partial charge in [0, 0.05) is 34.9 Å². The highest BCUT2D eigenvalue weighted by molar-refractivity contribution is 8.00. The van der Waals surface area contributed by atoms with Crippen molar-refractivity contribution in [3.63, 3.8) is 0 Å². The van der Waals surface area contributed by atoms with Crippen molar-refractivity contribution in [1.82, 2.24) is 5.48 Å². The van der Waals surface area contributed by atoms with E-state index in [-0.39, 0.29) is 16.9 Å². The average molecular weight is 549 g/mol. The summed E-state index contributed by atoms with van der Waals surface area (Å²) >= 11 is 3.50. The number of anilines is 1. The van der Waals surface area contributed by atoms with Gasteiger partial charge in [0.2, 0.25) is 5.91 Å². The summed E-state index contributed by atoms with van der Waals surface area (Å²) < 4.78 is 14.3. The smallest absolute Gasteiger partial charge is 0.438 e. The molecule has 0 saturated carbocycles. The first kappa shape index (κ1) is 27.4. The summed E-state index contributed by atoms with van der Waals surface area (Å²) in [5, 5.41) is 2.73. The number of methoxy groups -OCH3 is 1. The number of hydroxylamine groups is 1. The number of nitrogens with one attached hydrogen (secondary N) is 2. The van der Waals surface area contributed by atoms with Gasteiger partial charge in [0.05, 0.1) is 11.9 Å². The Bertz CT molecular complexity index is 1080. The Kier molecular flexibility index (Phi) is 9.84. The first-order valence-corrected chi connectivity index (χ1v) is 14.2. The molecule has 1 aromatic heterocycles. The van der Waals surface area contributed by atoms with Crippen LogP contribution in [0.4, 0.5) is 10.5 Å². The van der Waals surface area contributed by atoms with Crippen LogP contribution in [-0.4, -0.2) is 50.3 Å². The minimum absolute atomic E-state index is 0.141. The predicted octanol–water partition coefficient (Wildman–Crippen LogP) is 5.21. The molecule has 11 heteroatoms. The second kappa shape index (κ2) is 13.3. The lowest BCUT2D eigenvalue weighted by molar-refractivity contribution is -0.200. The van der Waals surface area contributed by atoms with E-state index in [0.29, 0.717) is 18.7 Å². The Balaban J connectivity index is 1.42. The zero-order chi connectivity index (χ0) is 26.1. The van der Waals surface area contributed by atoms with Crippen LogP contribution in [0.3, 0.4) is 0 Å². The summed E-state index contributed by atoms with van der Waals surface area (Å²) in [7, 11) is 1.18. The number of rotatable bonds is 9. The summed E-state index contributed by atoms with van der Waals surface area (Å²) in [4.78, 5) is 43.8. The standard InChI is InChI=1S/C26H32N2O7S2/c1-32-25(31)34-17-23(30)27-19-8-6-7-18(15-19)20-10-11-21(37-20)26(12-3-5-14-36-26)16-22(29)28-35-24-9-2-4-13-33-24/h6-8,10-11,15,24H,2-5,9,12-14,16-17H2,1H3,(H,27,30)(H,28,29)/t24?,26-/m0/s1. The first-order valence-electron chi connectivity index (χ1n) is 12.4. The zero-order valence-electron chi connectivity index (χ0n) is 20.8. The normalized spacial score (nSPS) is 21.6. The molecular formula is C26H32N2O7S2. The van der Waals surface area contributed by atoms with Gasteiger partial charge in [-0.15, -0.1) is 23.1 Å². The van der Waals surface area contributed by atoms with Gasteiger partial charge in [0.25, 0.3) is 5.91 Å². The Morgan fingerprint density at radius 2 is 2.00 bits per heavy atom. The monoisotopic (exact) mass is 548 g/mol. The molecule has 2 amide bonds. The second-order valence-electron chi connectivity index (χ2n) is 8.95. The van der Waals surface area contributed by atoms with Crippen molar-refractivity contribution in [3.05, 3.63) is 41.3 Å². The van der Waals surface area contributed by atoms with Gasteiger partial charge in [0.15, 0.2) is 12.9 Å². The summed E-state index contributed by atoms with van der Waals surface area (Å²) in [5.41, 5.74) is 4.16. The summed E-state index contributed by atoms with van der Waals surface area (Å²) in [5.74, 6) is 0.402. The quantitative estimate of drug-likeness (QED) is 0.324. The van der Waals surface area contributed by atoms with Crippen molar-refractivity contribution < 1.29 is 33.4 Å². The van der Waals surface area contributed by atoms with Gasteiger partial charge in [-0.3, -0.25) is 9.59 Å². The van der Waals surface area contributed by atoms with E-state index in [2.05, 4.69) is 32.4 Å². The number of benzene rings is 1. The van der Waals surface area contributed by atoms with Gasteiger partial charge in [0.1, 0.15) is 0 Å². The summed E-state index contributed by atoms with van der Waals surface area (Å²) in [6.07, 6.45) is 5.01. The van der Waals surface area contributed by atoms with Gasteiger partial charge in [-0.05, 0) is 61.3 Å². The summed E-state index contributed by atoms with van der Waals surface area (Å²) in [6, 6.07) is 11.6. The molecule has 0 aliphatic carbocycles. The third-order valence-electron chi connectivity index (χ3n) is 6.22. The number of ether oxygens (including phenoxy) is 3. The molecule has 2 aliphatic heterocycles. The fraction of sp³-hybridized carbons (Fsp3) is 0.500. The molecule has 2 aliphatic rings. The van der Waals surface area contributed by atoms with Gasteiger partial charge < -0.3 is 19.5 Å². The van der Waals surface area contributed by atoms with Crippen molar-refractivity contribution in [3.8, 4) is 10.4 Å². The highest BCUT2D eigenvalue weighted by Crippen LogP contribution is 2.51. The average Bonchev–Trinajstić information content (AvgIpc) is 3.43. The molecular weight excluding hydrogens is 516 g/mol. The van der Waals surface area contributed by atoms with Crippen LogP contribution in [0.2, 0.25) is 0 Å². The Labute approximate surface area is 224 Å². The number of hydrogen-bond donors (Lipinski definition) is 2. The van der Waals surface area contributed by atoms with Crippen LogP contribution in [0.15, 0.2) is 36.4 Å². The highest BCUT2D eigenvalue weighted by Gasteiger charge is 2.38. The maximum Gasteiger partial charge on any atom is 0.508 e. The highest BCUT2D eigenvalue weighted by atomic mass is 32.2.